The largest absolute Gasteiger partial charge is 0.356 e. The third-order valence-electron chi connectivity index (χ3n) is 5.51. The van der Waals surface area contributed by atoms with Crippen LogP contribution >= 0.6 is 0 Å². The van der Waals surface area contributed by atoms with Crippen molar-refractivity contribution < 1.29 is 14.4 Å². The van der Waals surface area contributed by atoms with Gasteiger partial charge in [0.2, 0.25) is 11.8 Å². The molecule has 1 aliphatic heterocycles. The molecule has 3 amide bonds. The number of aryl methyl sites for hydroxylation is 1. The van der Waals surface area contributed by atoms with Crippen LogP contribution < -0.4 is 10.6 Å². The van der Waals surface area contributed by atoms with E-state index in [1.54, 1.807) is 23.2 Å². The molecule has 0 bridgehead atoms. The van der Waals surface area contributed by atoms with Crippen LogP contribution in [-0.4, -0.2) is 58.6 Å². The predicted octanol–water partition coefficient (Wildman–Crippen LogP) is 1.84. The van der Waals surface area contributed by atoms with Crippen molar-refractivity contribution in [2.45, 2.75) is 38.6 Å². The monoisotopic (exact) mass is 425 g/mol. The number of benzene rings is 1. The Morgan fingerprint density at radius 1 is 1.13 bits per heavy atom. The Balaban J connectivity index is 1.52. The third-order valence-corrected chi connectivity index (χ3v) is 5.51. The molecule has 0 spiro atoms. The standard InChI is InChI=1S/C23H31N5O3/c29-21-11-18-27(23(31)20-7-2-1-3-8-20)15-4-9-19(10-14-24-21)22(30)25-12-5-16-28-17-6-13-26-28/h1-3,6-8,13,17,19H,4-5,9-12,14-16,18H2,(H,24,29)(H,25,30). The van der Waals surface area contributed by atoms with E-state index in [0.717, 1.165) is 19.4 Å². The first-order valence-corrected chi connectivity index (χ1v) is 11.0. The van der Waals surface area contributed by atoms with Crippen LogP contribution in [0, 0.1) is 5.92 Å². The van der Waals surface area contributed by atoms with Crippen molar-refractivity contribution in [2.75, 3.05) is 26.2 Å². The molecule has 8 heteroatoms. The first-order valence-electron chi connectivity index (χ1n) is 11.0. The molecule has 3 rings (SSSR count). The molecule has 0 radical (unpaired) electrons. The SMILES string of the molecule is O=C1CCN(C(=O)c2ccccc2)CCCC(C(=O)NCCCn2cccn2)CCN1. The van der Waals surface area contributed by atoms with Gasteiger partial charge >= 0.3 is 0 Å². The molecule has 1 aromatic heterocycles. The Kier molecular flexibility index (Phi) is 8.63. The lowest BCUT2D eigenvalue weighted by Gasteiger charge is -2.23. The van der Waals surface area contributed by atoms with Crippen molar-refractivity contribution in [1.29, 1.82) is 0 Å². The molecule has 8 nitrogen and oxygen atoms in total. The fraction of sp³-hybridized carbons (Fsp3) is 0.478. The lowest BCUT2D eigenvalue weighted by Crippen LogP contribution is -2.35. The van der Waals surface area contributed by atoms with Crippen LogP contribution in [0.2, 0.25) is 0 Å². The summed E-state index contributed by atoms with van der Waals surface area (Å²) in [5, 5.41) is 10.0. The number of nitrogens with zero attached hydrogens (tertiary/aromatic N) is 3. The van der Waals surface area contributed by atoms with Gasteiger partial charge in [0.05, 0.1) is 0 Å². The van der Waals surface area contributed by atoms with Gasteiger partial charge in [0.15, 0.2) is 0 Å². The van der Waals surface area contributed by atoms with Crippen LogP contribution in [0.5, 0.6) is 0 Å². The minimum absolute atomic E-state index is 0.00916. The van der Waals surface area contributed by atoms with Gasteiger partial charge in [-0.1, -0.05) is 18.2 Å². The summed E-state index contributed by atoms with van der Waals surface area (Å²) >= 11 is 0. The van der Waals surface area contributed by atoms with Gasteiger partial charge in [-0.15, -0.1) is 0 Å². The molecule has 0 aliphatic carbocycles. The summed E-state index contributed by atoms with van der Waals surface area (Å²) in [6, 6.07) is 11.0. The van der Waals surface area contributed by atoms with Crippen molar-refractivity contribution in [1.82, 2.24) is 25.3 Å². The normalized spacial score (nSPS) is 18.0. The highest BCUT2D eigenvalue weighted by Gasteiger charge is 2.22. The number of carbonyl (C=O) groups is 3. The Morgan fingerprint density at radius 3 is 2.74 bits per heavy atom. The van der Waals surface area contributed by atoms with Crippen molar-refractivity contribution in [3.63, 3.8) is 0 Å². The molecular formula is C23H31N5O3. The van der Waals surface area contributed by atoms with Crippen LogP contribution in [0.15, 0.2) is 48.8 Å². The van der Waals surface area contributed by atoms with E-state index in [4.69, 9.17) is 0 Å². The molecule has 1 aromatic carbocycles. The second-order valence-electron chi connectivity index (χ2n) is 7.80. The van der Waals surface area contributed by atoms with E-state index in [2.05, 4.69) is 15.7 Å². The summed E-state index contributed by atoms with van der Waals surface area (Å²) in [6.07, 6.45) is 6.71. The highest BCUT2D eigenvalue weighted by Crippen LogP contribution is 2.15. The minimum Gasteiger partial charge on any atom is -0.356 e. The fourth-order valence-electron chi connectivity index (χ4n) is 3.75. The molecule has 1 fully saturated rings. The number of hydrogen-bond acceptors (Lipinski definition) is 4. The molecule has 0 saturated carbocycles. The van der Waals surface area contributed by atoms with E-state index < -0.39 is 0 Å². The molecular weight excluding hydrogens is 394 g/mol. The second-order valence-corrected chi connectivity index (χ2v) is 7.80. The van der Waals surface area contributed by atoms with E-state index in [1.807, 2.05) is 35.1 Å². The number of aromatic nitrogens is 2. The minimum atomic E-state index is -0.184. The topological polar surface area (TPSA) is 96.3 Å². The van der Waals surface area contributed by atoms with Crippen LogP contribution in [0.3, 0.4) is 0 Å². The molecule has 2 aromatic rings. The van der Waals surface area contributed by atoms with Gasteiger partial charge in [0.25, 0.3) is 5.91 Å². The average molecular weight is 426 g/mol. The van der Waals surface area contributed by atoms with E-state index in [-0.39, 0.29) is 30.1 Å². The maximum Gasteiger partial charge on any atom is 0.253 e. The number of hydrogen-bond donors (Lipinski definition) is 2. The van der Waals surface area contributed by atoms with E-state index in [9.17, 15) is 14.4 Å². The zero-order valence-corrected chi connectivity index (χ0v) is 17.8. The van der Waals surface area contributed by atoms with E-state index >= 15 is 0 Å². The van der Waals surface area contributed by atoms with Gasteiger partial charge in [-0.2, -0.15) is 5.10 Å². The second kappa shape index (κ2) is 11.9. The smallest absolute Gasteiger partial charge is 0.253 e. The van der Waals surface area contributed by atoms with Gasteiger partial charge in [0.1, 0.15) is 0 Å². The molecule has 1 aliphatic rings. The van der Waals surface area contributed by atoms with Gasteiger partial charge in [-0.05, 0) is 43.9 Å². The lowest BCUT2D eigenvalue weighted by atomic mass is 9.98. The molecule has 1 atom stereocenters. The average Bonchev–Trinajstić information content (AvgIpc) is 3.29. The zero-order chi connectivity index (χ0) is 21.9. The van der Waals surface area contributed by atoms with Crippen LogP contribution in [-0.2, 0) is 16.1 Å². The summed E-state index contributed by atoms with van der Waals surface area (Å²) in [4.78, 5) is 39.4. The highest BCUT2D eigenvalue weighted by molar-refractivity contribution is 5.94. The Morgan fingerprint density at radius 2 is 1.97 bits per heavy atom. The van der Waals surface area contributed by atoms with Crippen molar-refractivity contribution in [3.8, 4) is 0 Å². The van der Waals surface area contributed by atoms with Gasteiger partial charge in [-0.3, -0.25) is 19.1 Å². The summed E-state index contributed by atoms with van der Waals surface area (Å²) in [5.41, 5.74) is 0.615. The third kappa shape index (κ3) is 7.24. The summed E-state index contributed by atoms with van der Waals surface area (Å²) in [6.45, 7) is 2.72. The van der Waals surface area contributed by atoms with Gasteiger partial charge in [0, 0.05) is 63.0 Å². The van der Waals surface area contributed by atoms with Crippen molar-refractivity contribution in [3.05, 3.63) is 54.4 Å². The maximum absolute atomic E-state index is 12.9. The van der Waals surface area contributed by atoms with Gasteiger partial charge in [-0.25, -0.2) is 0 Å². The van der Waals surface area contributed by atoms with Gasteiger partial charge < -0.3 is 15.5 Å². The number of amides is 3. The number of carbonyl (C=O) groups excluding carboxylic acids is 3. The van der Waals surface area contributed by atoms with Crippen molar-refractivity contribution >= 4 is 17.7 Å². The number of nitrogens with one attached hydrogen (secondary N) is 2. The summed E-state index contributed by atoms with van der Waals surface area (Å²) < 4.78 is 1.84. The Hall–Kier alpha value is -3.16. The summed E-state index contributed by atoms with van der Waals surface area (Å²) in [7, 11) is 0. The van der Waals surface area contributed by atoms with E-state index in [1.165, 1.54) is 0 Å². The molecule has 1 unspecified atom stereocenters. The molecule has 2 N–H and O–H groups in total. The molecule has 31 heavy (non-hydrogen) atoms. The predicted molar refractivity (Wildman–Crippen MR) is 117 cm³/mol. The number of rotatable bonds is 6. The first kappa shape index (κ1) is 22.5. The summed E-state index contributed by atoms with van der Waals surface area (Å²) in [5.74, 6) is -0.343. The molecule has 166 valence electrons. The lowest BCUT2D eigenvalue weighted by molar-refractivity contribution is -0.126. The van der Waals surface area contributed by atoms with Crippen molar-refractivity contribution in [2.24, 2.45) is 5.92 Å². The Labute approximate surface area is 183 Å². The van der Waals surface area contributed by atoms with Crippen LogP contribution in [0.4, 0.5) is 0 Å². The van der Waals surface area contributed by atoms with Crippen LogP contribution in [0.25, 0.3) is 0 Å². The molecule has 2 heterocycles. The van der Waals surface area contributed by atoms with Crippen LogP contribution in [0.1, 0.15) is 42.5 Å². The maximum atomic E-state index is 12.9. The van der Waals surface area contributed by atoms with E-state index in [0.29, 0.717) is 44.6 Å². The zero-order valence-electron chi connectivity index (χ0n) is 17.8. The quantitative estimate of drug-likeness (QED) is 0.690. The Bertz CT molecular complexity index is 838. The molecule has 1 saturated heterocycles. The highest BCUT2D eigenvalue weighted by atomic mass is 16.2. The fourth-order valence-corrected chi connectivity index (χ4v) is 3.75. The first-order chi connectivity index (χ1) is 15.1.